The first-order valence-corrected chi connectivity index (χ1v) is 8.13. The highest BCUT2D eigenvalue weighted by atomic mass is 16.2. The van der Waals surface area contributed by atoms with E-state index in [0.717, 1.165) is 40.9 Å². The lowest BCUT2D eigenvalue weighted by molar-refractivity contribution is 0.221. The van der Waals surface area contributed by atoms with Crippen molar-refractivity contribution in [3.8, 4) is 0 Å². The summed E-state index contributed by atoms with van der Waals surface area (Å²) < 4.78 is 1.99. The molecule has 0 spiro atoms. The Kier molecular flexibility index (Phi) is 4.55. The lowest BCUT2D eigenvalue weighted by Gasteiger charge is -2.18. The van der Waals surface area contributed by atoms with Crippen LogP contribution in [-0.4, -0.2) is 39.3 Å². The van der Waals surface area contributed by atoms with Crippen molar-refractivity contribution in [2.24, 2.45) is 0 Å². The fourth-order valence-electron chi connectivity index (χ4n) is 2.81. The fraction of sp³-hybridized carbons (Fsp3) is 0.333. The number of urea groups is 1. The van der Waals surface area contributed by atoms with Gasteiger partial charge in [-0.2, -0.15) is 5.10 Å². The average molecular weight is 325 g/mol. The van der Waals surface area contributed by atoms with Crippen LogP contribution in [0.15, 0.2) is 36.5 Å². The average Bonchev–Trinajstić information content (AvgIpc) is 3.13. The van der Waals surface area contributed by atoms with E-state index in [4.69, 9.17) is 0 Å². The summed E-state index contributed by atoms with van der Waals surface area (Å²) in [5.41, 5.74) is 4.04. The van der Waals surface area contributed by atoms with Crippen LogP contribution in [0.1, 0.15) is 17.8 Å². The summed E-state index contributed by atoms with van der Waals surface area (Å²) in [6.07, 6.45) is 2.75. The summed E-state index contributed by atoms with van der Waals surface area (Å²) in [5.74, 6) is 0. The molecule has 126 valence electrons. The molecule has 0 aliphatic heterocycles. The number of carbonyl (C=O) groups is 1. The number of fused-ring (bicyclic) bond motifs is 1. The van der Waals surface area contributed by atoms with Crippen molar-refractivity contribution in [2.45, 2.75) is 26.8 Å². The Labute approximate surface area is 141 Å². The maximum atomic E-state index is 12.3. The number of amides is 2. The van der Waals surface area contributed by atoms with E-state index in [0.29, 0.717) is 6.54 Å². The van der Waals surface area contributed by atoms with Gasteiger partial charge >= 0.3 is 6.03 Å². The number of aromatic nitrogens is 3. The SMILES string of the molecule is Cc1cc(C)n(CCCN(C)C(=O)Nc2ccc3[nH]ccc3c2)n1. The summed E-state index contributed by atoms with van der Waals surface area (Å²) in [4.78, 5) is 17.1. The van der Waals surface area contributed by atoms with Crippen LogP contribution in [0.5, 0.6) is 0 Å². The van der Waals surface area contributed by atoms with E-state index in [1.54, 1.807) is 4.90 Å². The first-order valence-electron chi connectivity index (χ1n) is 8.13. The van der Waals surface area contributed by atoms with Gasteiger partial charge in [-0.05, 0) is 50.6 Å². The van der Waals surface area contributed by atoms with Crippen LogP contribution in [0.3, 0.4) is 0 Å². The standard InChI is InChI=1S/C18H23N5O/c1-13-11-14(2)23(21-13)10-4-9-22(3)18(24)20-16-5-6-17-15(12-16)7-8-19-17/h5-8,11-12,19H,4,9-10H2,1-3H3,(H,20,24). The first kappa shape index (κ1) is 16.1. The van der Waals surface area contributed by atoms with E-state index in [1.807, 2.05) is 56.0 Å². The minimum atomic E-state index is -0.0988. The van der Waals surface area contributed by atoms with Gasteiger partial charge in [0.1, 0.15) is 0 Å². The molecule has 0 atom stereocenters. The number of hydrogen-bond acceptors (Lipinski definition) is 2. The van der Waals surface area contributed by atoms with Crippen molar-refractivity contribution in [2.75, 3.05) is 18.9 Å². The number of benzene rings is 1. The van der Waals surface area contributed by atoms with E-state index in [1.165, 1.54) is 0 Å². The van der Waals surface area contributed by atoms with E-state index in [-0.39, 0.29) is 6.03 Å². The molecule has 24 heavy (non-hydrogen) atoms. The number of nitrogens with zero attached hydrogens (tertiary/aromatic N) is 3. The number of H-pyrrole nitrogens is 1. The Balaban J connectivity index is 1.51. The van der Waals surface area contributed by atoms with E-state index in [2.05, 4.69) is 21.5 Å². The van der Waals surface area contributed by atoms with Gasteiger partial charge in [0.2, 0.25) is 0 Å². The number of hydrogen-bond donors (Lipinski definition) is 2. The van der Waals surface area contributed by atoms with Gasteiger partial charge in [0, 0.05) is 48.6 Å². The molecule has 3 rings (SSSR count). The molecule has 2 N–H and O–H groups in total. The molecule has 6 nitrogen and oxygen atoms in total. The van der Waals surface area contributed by atoms with Crippen molar-refractivity contribution in [1.82, 2.24) is 19.7 Å². The largest absolute Gasteiger partial charge is 0.361 e. The molecule has 0 aliphatic rings. The van der Waals surface area contributed by atoms with Crippen LogP contribution in [0, 0.1) is 13.8 Å². The quantitative estimate of drug-likeness (QED) is 0.753. The number of aryl methyl sites for hydroxylation is 3. The number of carbonyl (C=O) groups excluding carboxylic acids is 1. The summed E-state index contributed by atoms with van der Waals surface area (Å²) in [5, 5.41) is 8.46. The van der Waals surface area contributed by atoms with Gasteiger partial charge in [-0.3, -0.25) is 4.68 Å². The monoisotopic (exact) mass is 325 g/mol. The topological polar surface area (TPSA) is 66.0 Å². The Bertz CT molecular complexity index is 848. The van der Waals surface area contributed by atoms with Gasteiger partial charge in [0.15, 0.2) is 0 Å². The summed E-state index contributed by atoms with van der Waals surface area (Å²) in [6, 6.07) is 9.79. The zero-order valence-electron chi connectivity index (χ0n) is 14.3. The zero-order valence-corrected chi connectivity index (χ0v) is 14.3. The van der Waals surface area contributed by atoms with E-state index in [9.17, 15) is 4.79 Å². The summed E-state index contributed by atoms with van der Waals surface area (Å²) >= 11 is 0. The second-order valence-electron chi connectivity index (χ2n) is 6.14. The maximum Gasteiger partial charge on any atom is 0.321 e. The molecule has 3 aromatic rings. The number of rotatable bonds is 5. The highest BCUT2D eigenvalue weighted by Crippen LogP contribution is 2.18. The third-order valence-corrected chi connectivity index (χ3v) is 4.12. The molecular weight excluding hydrogens is 302 g/mol. The fourth-order valence-corrected chi connectivity index (χ4v) is 2.81. The first-order chi connectivity index (χ1) is 11.5. The molecule has 6 heteroatoms. The van der Waals surface area contributed by atoms with Crippen LogP contribution in [0.4, 0.5) is 10.5 Å². The summed E-state index contributed by atoms with van der Waals surface area (Å²) in [6.45, 7) is 5.53. The molecular formula is C18H23N5O. The van der Waals surface area contributed by atoms with Crippen molar-refractivity contribution in [3.63, 3.8) is 0 Å². The molecule has 0 fully saturated rings. The van der Waals surface area contributed by atoms with Gasteiger partial charge in [-0.25, -0.2) is 4.79 Å². The molecule has 0 unspecified atom stereocenters. The van der Waals surface area contributed by atoms with Gasteiger partial charge in [-0.1, -0.05) is 0 Å². The minimum Gasteiger partial charge on any atom is -0.361 e. The molecule has 0 radical (unpaired) electrons. The van der Waals surface area contributed by atoms with E-state index < -0.39 is 0 Å². The minimum absolute atomic E-state index is 0.0988. The highest BCUT2D eigenvalue weighted by molar-refractivity contribution is 5.92. The second-order valence-corrected chi connectivity index (χ2v) is 6.14. The maximum absolute atomic E-state index is 12.3. The predicted molar refractivity (Wildman–Crippen MR) is 96.3 cm³/mol. The van der Waals surface area contributed by atoms with Crippen molar-refractivity contribution in [1.29, 1.82) is 0 Å². The van der Waals surface area contributed by atoms with Crippen molar-refractivity contribution in [3.05, 3.63) is 47.9 Å². The molecule has 2 aromatic heterocycles. The molecule has 0 bridgehead atoms. The molecule has 1 aromatic carbocycles. The normalized spacial score (nSPS) is 11.0. The van der Waals surface area contributed by atoms with Crippen molar-refractivity contribution < 1.29 is 4.79 Å². The van der Waals surface area contributed by atoms with Crippen molar-refractivity contribution >= 4 is 22.6 Å². The highest BCUT2D eigenvalue weighted by Gasteiger charge is 2.09. The van der Waals surface area contributed by atoms with Gasteiger partial charge < -0.3 is 15.2 Å². The lowest BCUT2D eigenvalue weighted by atomic mass is 10.2. The Hall–Kier alpha value is -2.76. The molecule has 2 heterocycles. The molecule has 2 amide bonds. The van der Waals surface area contributed by atoms with Gasteiger partial charge in [0.25, 0.3) is 0 Å². The number of anilines is 1. The second kappa shape index (κ2) is 6.78. The number of nitrogens with one attached hydrogen (secondary N) is 2. The Morgan fingerprint density at radius 3 is 2.88 bits per heavy atom. The zero-order chi connectivity index (χ0) is 17.1. The third-order valence-electron chi connectivity index (χ3n) is 4.12. The van der Waals surface area contributed by atoms with Crippen LogP contribution in [0.25, 0.3) is 10.9 Å². The molecule has 0 saturated heterocycles. The molecule has 0 saturated carbocycles. The number of aromatic amines is 1. The molecule has 0 aliphatic carbocycles. The lowest BCUT2D eigenvalue weighted by Crippen LogP contribution is -2.32. The summed E-state index contributed by atoms with van der Waals surface area (Å²) in [7, 11) is 1.81. The van der Waals surface area contributed by atoms with Crippen LogP contribution in [-0.2, 0) is 6.54 Å². The van der Waals surface area contributed by atoms with Gasteiger partial charge in [0.05, 0.1) is 5.69 Å². The predicted octanol–water partition coefficient (Wildman–Crippen LogP) is 3.54. The van der Waals surface area contributed by atoms with Gasteiger partial charge in [-0.15, -0.1) is 0 Å². The smallest absolute Gasteiger partial charge is 0.321 e. The van der Waals surface area contributed by atoms with Crippen LogP contribution >= 0.6 is 0 Å². The third kappa shape index (κ3) is 3.59. The van der Waals surface area contributed by atoms with Crippen LogP contribution in [0.2, 0.25) is 0 Å². The Morgan fingerprint density at radius 2 is 2.12 bits per heavy atom. The van der Waals surface area contributed by atoms with E-state index >= 15 is 0 Å². The van der Waals surface area contributed by atoms with Crippen LogP contribution < -0.4 is 5.32 Å². The Morgan fingerprint density at radius 1 is 1.29 bits per heavy atom.